The number of halogens is 1. The van der Waals surface area contributed by atoms with Crippen LogP contribution in [0.25, 0.3) is 0 Å². The van der Waals surface area contributed by atoms with Gasteiger partial charge in [-0.1, -0.05) is 40.2 Å². The zero-order valence-electron chi connectivity index (χ0n) is 11.2. The number of methoxy groups -OCH3 is 1. The van der Waals surface area contributed by atoms with Crippen LogP contribution < -0.4 is 10.1 Å². The van der Waals surface area contributed by atoms with E-state index in [1.807, 2.05) is 25.2 Å². The number of ether oxygens (including phenoxy) is 1. The third-order valence-electron chi connectivity index (χ3n) is 3.17. The van der Waals surface area contributed by atoms with E-state index < -0.39 is 0 Å². The van der Waals surface area contributed by atoms with Gasteiger partial charge in [-0.15, -0.1) is 0 Å². The second-order valence-electron chi connectivity index (χ2n) is 4.45. The minimum absolute atomic E-state index is 0.296. The van der Waals surface area contributed by atoms with Gasteiger partial charge >= 0.3 is 0 Å². The zero-order chi connectivity index (χ0) is 13.7. The van der Waals surface area contributed by atoms with E-state index in [1.165, 1.54) is 11.1 Å². The Kier molecular flexibility index (Phi) is 5.00. The van der Waals surface area contributed by atoms with E-state index >= 15 is 0 Å². The van der Waals surface area contributed by atoms with Crippen LogP contribution in [0, 0.1) is 0 Å². The second-order valence-corrected chi connectivity index (χ2v) is 5.37. The first-order valence-corrected chi connectivity index (χ1v) is 7.08. The van der Waals surface area contributed by atoms with E-state index in [4.69, 9.17) is 4.74 Å². The fourth-order valence-corrected chi connectivity index (χ4v) is 2.56. The van der Waals surface area contributed by atoms with Gasteiger partial charge in [0.1, 0.15) is 5.75 Å². The van der Waals surface area contributed by atoms with Gasteiger partial charge in [0.2, 0.25) is 0 Å². The van der Waals surface area contributed by atoms with Gasteiger partial charge in [-0.3, -0.25) is 0 Å². The topological polar surface area (TPSA) is 21.3 Å². The lowest BCUT2D eigenvalue weighted by molar-refractivity contribution is 0.414. The van der Waals surface area contributed by atoms with Crippen LogP contribution in [0.15, 0.2) is 53.0 Å². The third-order valence-corrected chi connectivity index (χ3v) is 3.67. The summed E-state index contributed by atoms with van der Waals surface area (Å²) in [5.74, 6) is 0.904. The molecule has 0 bridgehead atoms. The van der Waals surface area contributed by atoms with E-state index in [0.29, 0.717) is 6.04 Å². The average molecular weight is 320 g/mol. The van der Waals surface area contributed by atoms with E-state index in [9.17, 15) is 0 Å². The molecule has 1 unspecified atom stereocenters. The van der Waals surface area contributed by atoms with Crippen molar-refractivity contribution in [3.63, 3.8) is 0 Å². The van der Waals surface area contributed by atoms with Crippen molar-refractivity contribution >= 4 is 15.9 Å². The number of benzene rings is 2. The van der Waals surface area contributed by atoms with Gasteiger partial charge in [-0.05, 0) is 48.9 Å². The van der Waals surface area contributed by atoms with Crippen LogP contribution in [0.5, 0.6) is 5.75 Å². The molecule has 0 saturated heterocycles. The first kappa shape index (κ1) is 14.1. The molecule has 100 valence electrons. The minimum Gasteiger partial charge on any atom is -0.497 e. The largest absolute Gasteiger partial charge is 0.497 e. The SMILES string of the molecule is CNC(Cc1cccc(OC)c1)c1cccc(Br)c1. The van der Waals surface area contributed by atoms with Gasteiger partial charge in [0.05, 0.1) is 7.11 Å². The molecule has 0 radical (unpaired) electrons. The van der Waals surface area contributed by atoms with Crippen molar-refractivity contribution in [2.24, 2.45) is 0 Å². The first-order chi connectivity index (χ1) is 9.22. The molecular weight excluding hydrogens is 302 g/mol. The highest BCUT2D eigenvalue weighted by Crippen LogP contribution is 2.23. The summed E-state index contributed by atoms with van der Waals surface area (Å²) in [4.78, 5) is 0. The van der Waals surface area contributed by atoms with Gasteiger partial charge in [0.15, 0.2) is 0 Å². The van der Waals surface area contributed by atoms with Gasteiger partial charge in [0.25, 0.3) is 0 Å². The van der Waals surface area contributed by atoms with Crippen LogP contribution in [0.2, 0.25) is 0 Å². The molecule has 3 heteroatoms. The predicted octanol–water partition coefficient (Wildman–Crippen LogP) is 3.96. The number of likely N-dealkylation sites (N-methyl/N-ethyl adjacent to an activating group) is 1. The molecule has 0 fully saturated rings. The van der Waals surface area contributed by atoms with Crippen molar-refractivity contribution in [2.75, 3.05) is 14.2 Å². The van der Waals surface area contributed by atoms with E-state index in [1.54, 1.807) is 7.11 Å². The normalized spacial score (nSPS) is 12.2. The lowest BCUT2D eigenvalue weighted by atomic mass is 9.99. The lowest BCUT2D eigenvalue weighted by Crippen LogP contribution is -2.18. The summed E-state index contributed by atoms with van der Waals surface area (Å²) in [6.45, 7) is 0. The van der Waals surface area contributed by atoms with Crippen molar-refractivity contribution in [1.29, 1.82) is 0 Å². The molecule has 0 aliphatic heterocycles. The Labute approximate surface area is 122 Å². The summed E-state index contributed by atoms with van der Waals surface area (Å²) in [5.41, 5.74) is 2.54. The molecule has 0 aliphatic carbocycles. The maximum Gasteiger partial charge on any atom is 0.119 e. The van der Waals surface area contributed by atoms with Crippen LogP contribution >= 0.6 is 15.9 Å². The molecule has 0 amide bonds. The van der Waals surface area contributed by atoms with Crippen LogP contribution in [0.4, 0.5) is 0 Å². The molecule has 1 atom stereocenters. The standard InChI is InChI=1S/C16H18BrNO/c1-18-16(13-6-4-7-14(17)11-13)10-12-5-3-8-15(9-12)19-2/h3-9,11,16,18H,10H2,1-2H3. The maximum absolute atomic E-state index is 5.27. The van der Waals surface area contributed by atoms with Crippen molar-refractivity contribution in [2.45, 2.75) is 12.5 Å². The maximum atomic E-state index is 5.27. The first-order valence-electron chi connectivity index (χ1n) is 6.28. The van der Waals surface area contributed by atoms with E-state index in [0.717, 1.165) is 16.6 Å². The number of hydrogen-bond donors (Lipinski definition) is 1. The average Bonchev–Trinajstić information content (AvgIpc) is 2.45. The molecule has 2 nitrogen and oxygen atoms in total. The van der Waals surface area contributed by atoms with Crippen molar-refractivity contribution in [1.82, 2.24) is 5.32 Å². The number of nitrogens with one attached hydrogen (secondary N) is 1. The summed E-state index contributed by atoms with van der Waals surface area (Å²) in [6.07, 6.45) is 0.935. The van der Waals surface area contributed by atoms with Crippen molar-refractivity contribution in [3.8, 4) is 5.75 Å². The Morgan fingerprint density at radius 3 is 2.63 bits per heavy atom. The monoisotopic (exact) mass is 319 g/mol. The van der Waals surface area contributed by atoms with Gasteiger partial charge in [-0.2, -0.15) is 0 Å². The highest BCUT2D eigenvalue weighted by molar-refractivity contribution is 9.10. The van der Waals surface area contributed by atoms with Gasteiger partial charge in [0, 0.05) is 10.5 Å². The highest BCUT2D eigenvalue weighted by atomic mass is 79.9. The second kappa shape index (κ2) is 6.73. The Bertz CT molecular complexity index is 542. The summed E-state index contributed by atoms with van der Waals surface area (Å²) in [5, 5.41) is 3.37. The predicted molar refractivity (Wildman–Crippen MR) is 82.6 cm³/mol. The van der Waals surface area contributed by atoms with Crippen molar-refractivity contribution in [3.05, 3.63) is 64.1 Å². The fourth-order valence-electron chi connectivity index (χ4n) is 2.15. The quantitative estimate of drug-likeness (QED) is 0.900. The Morgan fingerprint density at radius 2 is 1.95 bits per heavy atom. The van der Waals surface area contributed by atoms with Gasteiger partial charge in [-0.25, -0.2) is 0 Å². The molecule has 1 N–H and O–H groups in total. The van der Waals surface area contributed by atoms with Crippen LogP contribution in [0.3, 0.4) is 0 Å². The molecule has 2 aromatic rings. The molecule has 0 heterocycles. The number of rotatable bonds is 5. The minimum atomic E-state index is 0.296. The summed E-state index contributed by atoms with van der Waals surface area (Å²) >= 11 is 3.52. The summed E-state index contributed by atoms with van der Waals surface area (Å²) < 4.78 is 6.37. The fraction of sp³-hybridized carbons (Fsp3) is 0.250. The van der Waals surface area contributed by atoms with Crippen LogP contribution in [-0.4, -0.2) is 14.2 Å². The van der Waals surface area contributed by atoms with Crippen LogP contribution in [0.1, 0.15) is 17.2 Å². The molecule has 2 rings (SSSR count). The molecule has 2 aromatic carbocycles. The summed E-state index contributed by atoms with van der Waals surface area (Å²) in [6, 6.07) is 16.9. The Hall–Kier alpha value is -1.32. The van der Waals surface area contributed by atoms with E-state index in [-0.39, 0.29) is 0 Å². The molecule has 0 aromatic heterocycles. The molecular formula is C16H18BrNO. The van der Waals surface area contributed by atoms with Crippen molar-refractivity contribution < 1.29 is 4.74 Å². The Balaban J connectivity index is 2.18. The summed E-state index contributed by atoms with van der Waals surface area (Å²) in [7, 11) is 3.69. The van der Waals surface area contributed by atoms with E-state index in [2.05, 4.69) is 51.6 Å². The molecule has 0 spiro atoms. The molecule has 0 aliphatic rings. The smallest absolute Gasteiger partial charge is 0.119 e. The molecule has 0 saturated carbocycles. The highest BCUT2D eigenvalue weighted by Gasteiger charge is 2.10. The van der Waals surface area contributed by atoms with Gasteiger partial charge < -0.3 is 10.1 Å². The third kappa shape index (κ3) is 3.82. The zero-order valence-corrected chi connectivity index (χ0v) is 12.8. The lowest BCUT2D eigenvalue weighted by Gasteiger charge is -2.17. The van der Waals surface area contributed by atoms with Crippen LogP contribution in [-0.2, 0) is 6.42 Å². The molecule has 19 heavy (non-hydrogen) atoms. The number of hydrogen-bond acceptors (Lipinski definition) is 2. The Morgan fingerprint density at radius 1 is 1.16 bits per heavy atom.